The van der Waals surface area contributed by atoms with E-state index < -0.39 is 27.2 Å². The fourth-order valence-electron chi connectivity index (χ4n) is 2.43. The Morgan fingerprint density at radius 3 is 2.13 bits per heavy atom. The highest BCUT2D eigenvalue weighted by atomic mass is 35.5. The Morgan fingerprint density at radius 1 is 1.27 bits per heavy atom. The van der Waals surface area contributed by atoms with Crippen LogP contribution in [0.3, 0.4) is 0 Å². The Morgan fingerprint density at radius 2 is 1.80 bits per heavy atom. The maximum Gasteiger partial charge on any atom is 0.317 e. The topological polar surface area (TPSA) is 86.6 Å². The first-order valence-electron chi connectivity index (χ1n) is 4.35. The molecule has 0 unspecified atom stereocenters. The number of alkyl halides is 2. The van der Waals surface area contributed by atoms with E-state index in [4.69, 9.17) is 33.4 Å². The largest absolute Gasteiger partial charge is 0.481 e. The van der Waals surface area contributed by atoms with Gasteiger partial charge in [-0.3, -0.25) is 14.9 Å². The second-order valence-electron chi connectivity index (χ2n) is 4.14. The van der Waals surface area contributed by atoms with E-state index in [2.05, 4.69) is 5.32 Å². The average Bonchev–Trinajstić information content (AvgIpc) is 2.00. The number of halogens is 2. The molecule has 3 aliphatic carbocycles. The van der Waals surface area contributed by atoms with Gasteiger partial charge in [0.05, 0.1) is 12.1 Å². The smallest absolute Gasteiger partial charge is 0.317 e. The molecule has 3 rings (SSSR count). The van der Waals surface area contributed by atoms with E-state index >= 15 is 0 Å². The maximum atomic E-state index is 10.9. The predicted octanol–water partition coefficient (Wildman–Crippen LogP) is 0.452. The van der Waals surface area contributed by atoms with Crippen LogP contribution in [-0.4, -0.2) is 38.6 Å². The predicted molar refractivity (Wildman–Crippen MR) is 52.1 cm³/mol. The summed E-state index contributed by atoms with van der Waals surface area (Å²) in [7, 11) is 0. The SMILES string of the molecule is O=C(O)CNC12CC(C(=O)O)(C1)C2(Cl)Cl. The van der Waals surface area contributed by atoms with Gasteiger partial charge in [-0.15, -0.1) is 0 Å². The molecule has 0 spiro atoms. The van der Waals surface area contributed by atoms with Crippen LogP contribution in [0.2, 0.25) is 0 Å². The monoisotopic (exact) mass is 253 g/mol. The highest BCUT2D eigenvalue weighted by molar-refractivity contribution is 6.53. The maximum absolute atomic E-state index is 10.9. The third-order valence-electron chi connectivity index (χ3n) is 3.40. The zero-order chi connectivity index (χ0) is 11.5. The number of carboxylic acids is 2. The molecule has 5 nitrogen and oxygen atoms in total. The van der Waals surface area contributed by atoms with Gasteiger partial charge in [-0.25, -0.2) is 0 Å². The molecule has 7 heteroatoms. The summed E-state index contributed by atoms with van der Waals surface area (Å²) in [5.41, 5.74) is -1.84. The molecule has 0 aromatic heterocycles. The average molecular weight is 254 g/mol. The lowest BCUT2D eigenvalue weighted by atomic mass is 9.38. The lowest BCUT2D eigenvalue weighted by molar-refractivity contribution is -0.205. The van der Waals surface area contributed by atoms with Gasteiger partial charge in [0.25, 0.3) is 0 Å². The summed E-state index contributed by atoms with van der Waals surface area (Å²) in [5, 5.41) is 20.1. The summed E-state index contributed by atoms with van der Waals surface area (Å²) < 4.78 is -1.40. The number of carboxylic acid groups (broad SMARTS) is 2. The summed E-state index contributed by atoms with van der Waals surface area (Å²) in [6.07, 6.45) is 0.575. The fourth-order valence-corrected chi connectivity index (χ4v) is 3.26. The van der Waals surface area contributed by atoms with Crippen molar-refractivity contribution in [1.29, 1.82) is 0 Å². The Labute approximate surface area is 95.4 Å². The van der Waals surface area contributed by atoms with Crippen molar-refractivity contribution in [3.05, 3.63) is 0 Å². The van der Waals surface area contributed by atoms with Gasteiger partial charge in [-0.2, -0.15) is 0 Å². The number of carbonyl (C=O) groups is 2. The van der Waals surface area contributed by atoms with Crippen molar-refractivity contribution in [2.45, 2.75) is 22.7 Å². The van der Waals surface area contributed by atoms with Crippen LogP contribution in [0.4, 0.5) is 0 Å². The van der Waals surface area contributed by atoms with Gasteiger partial charge in [-0.1, -0.05) is 23.2 Å². The third kappa shape index (κ3) is 1.03. The molecular formula is C8H9Cl2NO4. The molecular weight excluding hydrogens is 245 g/mol. The van der Waals surface area contributed by atoms with Crippen molar-refractivity contribution < 1.29 is 19.8 Å². The minimum Gasteiger partial charge on any atom is -0.481 e. The van der Waals surface area contributed by atoms with Crippen LogP contribution in [0.15, 0.2) is 0 Å². The number of hydrogen-bond acceptors (Lipinski definition) is 3. The summed E-state index contributed by atoms with van der Waals surface area (Å²) >= 11 is 11.9. The highest BCUT2D eigenvalue weighted by Gasteiger charge is 2.88. The first-order valence-corrected chi connectivity index (χ1v) is 5.11. The van der Waals surface area contributed by atoms with E-state index in [9.17, 15) is 9.59 Å². The van der Waals surface area contributed by atoms with Gasteiger partial charge >= 0.3 is 11.9 Å². The van der Waals surface area contributed by atoms with E-state index in [0.29, 0.717) is 0 Å². The minimum absolute atomic E-state index is 0.267. The zero-order valence-electron chi connectivity index (χ0n) is 7.59. The van der Waals surface area contributed by atoms with Crippen LogP contribution in [0.5, 0.6) is 0 Å². The fraction of sp³-hybridized carbons (Fsp3) is 0.750. The number of aliphatic carboxylic acids is 2. The van der Waals surface area contributed by atoms with Crippen LogP contribution in [0, 0.1) is 5.41 Å². The first-order chi connectivity index (χ1) is 6.77. The molecule has 0 saturated heterocycles. The van der Waals surface area contributed by atoms with Gasteiger partial charge in [0.2, 0.25) is 0 Å². The van der Waals surface area contributed by atoms with Crippen LogP contribution in [-0.2, 0) is 9.59 Å². The summed E-state index contributed by atoms with van der Waals surface area (Å²) in [6, 6.07) is 0. The lowest BCUT2D eigenvalue weighted by Gasteiger charge is -2.75. The normalized spacial score (nSPS) is 40.1. The number of hydrogen-bond donors (Lipinski definition) is 3. The Kier molecular flexibility index (Phi) is 2.04. The van der Waals surface area contributed by atoms with E-state index in [1.165, 1.54) is 0 Å². The van der Waals surface area contributed by atoms with Crippen molar-refractivity contribution in [2.24, 2.45) is 5.41 Å². The molecule has 0 atom stereocenters. The van der Waals surface area contributed by atoms with Gasteiger partial charge < -0.3 is 10.2 Å². The molecule has 0 radical (unpaired) electrons. The molecule has 0 aromatic rings. The number of nitrogens with one attached hydrogen (secondary N) is 1. The molecule has 0 amide bonds. The minimum atomic E-state index is -1.40. The van der Waals surface area contributed by atoms with E-state index in [1.54, 1.807) is 0 Å². The molecule has 2 bridgehead atoms. The summed E-state index contributed by atoms with van der Waals surface area (Å²) in [6.45, 7) is -0.267. The van der Waals surface area contributed by atoms with Crippen molar-refractivity contribution in [3.8, 4) is 0 Å². The van der Waals surface area contributed by atoms with Crippen LogP contribution >= 0.6 is 23.2 Å². The second-order valence-corrected chi connectivity index (χ2v) is 5.47. The van der Waals surface area contributed by atoms with E-state index in [0.717, 1.165) is 0 Å². The molecule has 3 saturated carbocycles. The molecule has 3 aliphatic rings. The molecule has 3 N–H and O–H groups in total. The zero-order valence-corrected chi connectivity index (χ0v) is 9.10. The number of rotatable bonds is 4. The quantitative estimate of drug-likeness (QED) is 0.634. The summed E-state index contributed by atoms with van der Waals surface area (Å²) in [5.74, 6) is -2.04. The standard InChI is InChI=1S/C8H9Cl2NO4/c9-8(10)6(5(14)15)2-7(8,3-6)11-1-4(12)13/h11H,1-3H2,(H,12,13)(H,14,15). The molecule has 84 valence electrons. The van der Waals surface area contributed by atoms with Crippen LogP contribution in [0.1, 0.15) is 12.8 Å². The Hall–Kier alpha value is -0.520. The van der Waals surface area contributed by atoms with Gasteiger partial charge in [-0.05, 0) is 12.8 Å². The Balaban J connectivity index is 2.07. The van der Waals surface area contributed by atoms with E-state index in [-0.39, 0.29) is 19.4 Å². The highest BCUT2D eigenvalue weighted by Crippen LogP contribution is 2.78. The van der Waals surface area contributed by atoms with Crippen LogP contribution in [0.25, 0.3) is 0 Å². The summed E-state index contributed by atoms with van der Waals surface area (Å²) in [4.78, 5) is 21.3. The molecule has 0 heterocycles. The lowest BCUT2D eigenvalue weighted by Crippen LogP contribution is -2.89. The molecule has 0 aliphatic heterocycles. The van der Waals surface area contributed by atoms with Crippen molar-refractivity contribution in [3.63, 3.8) is 0 Å². The second kappa shape index (κ2) is 2.78. The first kappa shape index (κ1) is 11.0. The van der Waals surface area contributed by atoms with Gasteiger partial charge in [0.15, 0.2) is 4.33 Å². The molecule has 3 fully saturated rings. The van der Waals surface area contributed by atoms with E-state index in [1.807, 2.05) is 0 Å². The molecule has 0 aromatic carbocycles. The molecule has 15 heavy (non-hydrogen) atoms. The van der Waals surface area contributed by atoms with Gasteiger partial charge in [0.1, 0.15) is 5.41 Å². The van der Waals surface area contributed by atoms with Crippen molar-refractivity contribution >= 4 is 35.1 Å². The Bertz CT molecular complexity index is 343. The third-order valence-corrected chi connectivity index (χ3v) is 4.84. The van der Waals surface area contributed by atoms with Gasteiger partial charge in [0, 0.05) is 0 Å². The van der Waals surface area contributed by atoms with Crippen molar-refractivity contribution in [2.75, 3.05) is 6.54 Å². The van der Waals surface area contributed by atoms with Crippen molar-refractivity contribution in [1.82, 2.24) is 5.32 Å². The van der Waals surface area contributed by atoms with Crippen LogP contribution < -0.4 is 5.32 Å².